The van der Waals surface area contributed by atoms with Crippen LogP contribution in [0.3, 0.4) is 0 Å². The van der Waals surface area contributed by atoms with Crippen LogP contribution in [0.25, 0.3) is 0 Å². The van der Waals surface area contributed by atoms with Gasteiger partial charge in [-0.25, -0.2) is 9.79 Å². The third-order valence-electron chi connectivity index (χ3n) is 4.17. The molecule has 1 aliphatic rings. The van der Waals surface area contributed by atoms with Crippen molar-refractivity contribution in [3.05, 3.63) is 11.6 Å². The Hall–Kier alpha value is -1.63. The second-order valence-electron chi connectivity index (χ2n) is 7.76. The lowest BCUT2D eigenvalue weighted by Crippen LogP contribution is -2.44. The molecule has 2 rings (SSSR count). The van der Waals surface area contributed by atoms with Crippen LogP contribution in [0.15, 0.2) is 4.99 Å². The minimum absolute atomic E-state index is 0. The molecule has 10 nitrogen and oxygen atoms in total. The molecule has 0 aliphatic carbocycles. The van der Waals surface area contributed by atoms with Gasteiger partial charge < -0.3 is 30.0 Å². The highest BCUT2D eigenvalue weighted by atomic mass is 127. The summed E-state index contributed by atoms with van der Waals surface area (Å²) in [6.45, 7) is 10.2. The number of halogens is 1. The maximum atomic E-state index is 11.7. The first-order chi connectivity index (χ1) is 13.2. The number of nitrogens with one attached hydrogen (secondary N) is 3. The highest BCUT2D eigenvalue weighted by molar-refractivity contribution is 14.0. The lowest BCUT2D eigenvalue weighted by Gasteiger charge is -2.20. The lowest BCUT2D eigenvalue weighted by atomic mass is 10.2. The summed E-state index contributed by atoms with van der Waals surface area (Å²) in [7, 11) is 1.91. The molecular formula is C18H34IN7O3. The Kier molecular flexibility index (Phi) is 10.6. The molecule has 29 heavy (non-hydrogen) atoms. The minimum atomic E-state index is -0.513. The number of rotatable bonds is 7. The molecule has 1 aliphatic heterocycles. The van der Waals surface area contributed by atoms with Crippen LogP contribution in [0.2, 0.25) is 0 Å². The zero-order valence-electron chi connectivity index (χ0n) is 17.9. The number of aromatic nitrogens is 3. The van der Waals surface area contributed by atoms with E-state index in [0.29, 0.717) is 32.1 Å². The first-order valence-corrected chi connectivity index (χ1v) is 9.70. The summed E-state index contributed by atoms with van der Waals surface area (Å²) in [4.78, 5) is 16.3. The van der Waals surface area contributed by atoms with Gasteiger partial charge in [0.25, 0.3) is 0 Å². The van der Waals surface area contributed by atoms with Crippen LogP contribution in [0.1, 0.15) is 45.3 Å². The number of hydrogen-bond acceptors (Lipinski definition) is 6. The largest absolute Gasteiger partial charge is 0.444 e. The zero-order valence-corrected chi connectivity index (χ0v) is 20.3. The number of hydrogen-bond donors (Lipinski definition) is 3. The van der Waals surface area contributed by atoms with Gasteiger partial charge in [0.1, 0.15) is 18.0 Å². The molecule has 1 unspecified atom stereocenters. The van der Waals surface area contributed by atoms with Crippen molar-refractivity contribution >= 4 is 36.0 Å². The summed E-state index contributed by atoms with van der Waals surface area (Å²) in [5.41, 5.74) is -0.513. The molecule has 3 N–H and O–H groups in total. The SMILES string of the molecule is Cc1nnc(CN=C(NCCNC(=O)OC(C)(C)C)NCC2CCCO2)n1C.I. The average molecular weight is 523 g/mol. The van der Waals surface area contributed by atoms with Crippen molar-refractivity contribution in [2.75, 3.05) is 26.2 Å². The number of nitrogens with zero attached hydrogens (tertiary/aromatic N) is 4. The van der Waals surface area contributed by atoms with E-state index in [1.807, 2.05) is 39.3 Å². The Balaban J connectivity index is 0.00000420. The number of aliphatic imine (C=N–C) groups is 1. The standard InChI is InChI=1S/C18H33N7O3.HI/c1-13-23-24-15(25(13)5)12-22-16(21-11-14-7-6-10-27-14)19-8-9-20-17(26)28-18(2,3)4;/h14H,6-12H2,1-5H3,(H,20,26)(H2,19,21,22);1H. The van der Waals surface area contributed by atoms with E-state index in [2.05, 4.69) is 31.1 Å². The molecule has 2 heterocycles. The van der Waals surface area contributed by atoms with Gasteiger partial charge in [0, 0.05) is 33.3 Å². The Morgan fingerprint density at radius 1 is 1.28 bits per heavy atom. The number of amides is 1. The van der Waals surface area contributed by atoms with E-state index >= 15 is 0 Å². The summed E-state index contributed by atoms with van der Waals surface area (Å²) < 4.78 is 12.8. The van der Waals surface area contributed by atoms with E-state index in [-0.39, 0.29) is 30.1 Å². The normalized spacial score (nSPS) is 16.9. The van der Waals surface area contributed by atoms with Crippen molar-refractivity contribution in [2.45, 2.75) is 58.8 Å². The molecule has 1 aromatic heterocycles. The van der Waals surface area contributed by atoms with Gasteiger partial charge in [-0.1, -0.05) is 0 Å². The Morgan fingerprint density at radius 3 is 2.59 bits per heavy atom. The molecule has 0 radical (unpaired) electrons. The maximum Gasteiger partial charge on any atom is 0.407 e. The van der Waals surface area contributed by atoms with Crippen molar-refractivity contribution in [2.24, 2.45) is 12.0 Å². The molecule has 1 aromatic rings. The van der Waals surface area contributed by atoms with Crippen LogP contribution >= 0.6 is 24.0 Å². The van der Waals surface area contributed by atoms with Crippen molar-refractivity contribution in [3.63, 3.8) is 0 Å². The fraction of sp³-hybridized carbons (Fsp3) is 0.778. The first-order valence-electron chi connectivity index (χ1n) is 9.70. The monoisotopic (exact) mass is 523 g/mol. The fourth-order valence-corrected chi connectivity index (χ4v) is 2.59. The van der Waals surface area contributed by atoms with E-state index in [9.17, 15) is 4.79 Å². The van der Waals surface area contributed by atoms with Crippen LogP contribution in [0, 0.1) is 6.92 Å². The average Bonchev–Trinajstić information content (AvgIpc) is 3.23. The summed E-state index contributed by atoms with van der Waals surface area (Å²) in [5.74, 6) is 2.26. The van der Waals surface area contributed by atoms with Crippen molar-refractivity contribution in [3.8, 4) is 0 Å². The topological polar surface area (TPSA) is 115 Å². The third-order valence-corrected chi connectivity index (χ3v) is 4.17. The minimum Gasteiger partial charge on any atom is -0.444 e. The Labute approximate surface area is 189 Å². The summed E-state index contributed by atoms with van der Waals surface area (Å²) in [6, 6.07) is 0. The van der Waals surface area contributed by atoms with Gasteiger partial charge in [0.15, 0.2) is 11.8 Å². The van der Waals surface area contributed by atoms with Crippen molar-refractivity contribution in [1.82, 2.24) is 30.7 Å². The lowest BCUT2D eigenvalue weighted by molar-refractivity contribution is 0.0529. The molecule has 1 amide bonds. The number of aryl methyl sites for hydroxylation is 1. The summed E-state index contributed by atoms with van der Waals surface area (Å²) in [5, 5.41) is 17.4. The molecule has 1 saturated heterocycles. The number of carbonyl (C=O) groups excluding carboxylic acids is 1. The van der Waals surface area contributed by atoms with E-state index in [1.165, 1.54) is 0 Å². The number of ether oxygens (including phenoxy) is 2. The van der Waals surface area contributed by atoms with Crippen LogP contribution in [0.4, 0.5) is 4.79 Å². The highest BCUT2D eigenvalue weighted by Crippen LogP contribution is 2.10. The Morgan fingerprint density at radius 2 is 2.00 bits per heavy atom. The molecule has 0 aromatic carbocycles. The molecule has 0 spiro atoms. The molecule has 11 heteroatoms. The molecule has 0 saturated carbocycles. The van der Waals surface area contributed by atoms with Crippen LogP contribution in [0.5, 0.6) is 0 Å². The number of alkyl carbamates (subject to hydrolysis) is 1. The Bertz CT molecular complexity index is 667. The third kappa shape index (κ3) is 9.61. The molecule has 166 valence electrons. The van der Waals surface area contributed by atoms with Gasteiger partial charge in [0.05, 0.1) is 6.10 Å². The highest BCUT2D eigenvalue weighted by Gasteiger charge is 2.17. The second kappa shape index (κ2) is 12.2. The molecular weight excluding hydrogens is 489 g/mol. The van der Waals surface area contributed by atoms with Gasteiger partial charge in [-0.3, -0.25) is 0 Å². The summed E-state index contributed by atoms with van der Waals surface area (Å²) in [6.07, 6.45) is 1.89. The summed E-state index contributed by atoms with van der Waals surface area (Å²) >= 11 is 0. The van der Waals surface area contributed by atoms with Crippen LogP contribution < -0.4 is 16.0 Å². The van der Waals surface area contributed by atoms with E-state index in [4.69, 9.17) is 9.47 Å². The van der Waals surface area contributed by atoms with Gasteiger partial charge in [-0.15, -0.1) is 34.2 Å². The fourth-order valence-electron chi connectivity index (χ4n) is 2.59. The van der Waals surface area contributed by atoms with Crippen LogP contribution in [-0.4, -0.2) is 64.8 Å². The van der Waals surface area contributed by atoms with Crippen molar-refractivity contribution in [1.29, 1.82) is 0 Å². The van der Waals surface area contributed by atoms with E-state index in [1.54, 1.807) is 0 Å². The van der Waals surface area contributed by atoms with Gasteiger partial charge in [-0.2, -0.15) is 0 Å². The van der Waals surface area contributed by atoms with Crippen molar-refractivity contribution < 1.29 is 14.3 Å². The predicted molar refractivity (Wildman–Crippen MR) is 122 cm³/mol. The second-order valence-corrected chi connectivity index (χ2v) is 7.76. The van der Waals surface area contributed by atoms with Gasteiger partial charge >= 0.3 is 6.09 Å². The van der Waals surface area contributed by atoms with Gasteiger partial charge in [-0.05, 0) is 40.5 Å². The zero-order chi connectivity index (χ0) is 20.6. The maximum absolute atomic E-state index is 11.7. The van der Waals surface area contributed by atoms with E-state index < -0.39 is 11.7 Å². The van der Waals surface area contributed by atoms with Gasteiger partial charge in [0.2, 0.25) is 0 Å². The number of carbonyl (C=O) groups is 1. The quantitative estimate of drug-likeness (QED) is 0.215. The smallest absolute Gasteiger partial charge is 0.407 e. The van der Waals surface area contributed by atoms with Crippen LogP contribution in [-0.2, 0) is 23.1 Å². The number of guanidine groups is 1. The first kappa shape index (κ1) is 25.4. The predicted octanol–water partition coefficient (Wildman–Crippen LogP) is 1.48. The van der Waals surface area contributed by atoms with E-state index in [0.717, 1.165) is 31.1 Å². The molecule has 1 atom stereocenters. The molecule has 0 bridgehead atoms. The molecule has 1 fully saturated rings.